The van der Waals surface area contributed by atoms with Crippen molar-refractivity contribution in [2.24, 2.45) is 0 Å². The van der Waals surface area contributed by atoms with Gasteiger partial charge in [0, 0.05) is 62.6 Å². The Balaban J connectivity index is 1.20. The lowest BCUT2D eigenvalue weighted by atomic mass is 9.91. The maximum atomic E-state index is 5.40. The number of benzene rings is 8. The fourth-order valence-corrected chi connectivity index (χ4v) is 10.4. The second kappa shape index (κ2) is 12.6. The number of fused-ring (bicyclic) bond motifs is 7. The Morgan fingerprint density at radius 3 is 1.67 bits per heavy atom. The average Bonchev–Trinajstić information content (AvgIpc) is 3.82. The van der Waals surface area contributed by atoms with Gasteiger partial charge in [0.25, 0.3) is 0 Å². The fraction of sp³-hybridized carbons (Fsp3) is 0. The number of rotatable bonds is 5. The molecule has 0 aliphatic carbocycles. The lowest BCUT2D eigenvalue weighted by Gasteiger charge is -2.16. The van der Waals surface area contributed by atoms with Crippen LogP contribution in [0, 0.1) is 0 Å². The Morgan fingerprint density at radius 2 is 0.907 bits per heavy atom. The highest BCUT2D eigenvalue weighted by Crippen LogP contribution is 2.46. The summed E-state index contributed by atoms with van der Waals surface area (Å²) in [5.41, 5.74) is 9.68. The van der Waals surface area contributed by atoms with Gasteiger partial charge < -0.3 is 0 Å². The SMILES string of the molecule is c1ccc(-c2nc(-c3ccc4ccccc4c3)cc(-c3cc(-c4cccc5c4sc4ccccc45)ccc3-c3cccc4c3sc3ccccc34)n2)cc1. The van der Waals surface area contributed by atoms with Crippen LogP contribution in [0.1, 0.15) is 0 Å². The van der Waals surface area contributed by atoms with E-state index in [-0.39, 0.29) is 0 Å². The largest absolute Gasteiger partial charge is 0.228 e. The molecular formula is C50H30N2S2. The summed E-state index contributed by atoms with van der Waals surface area (Å²) >= 11 is 3.73. The molecule has 4 heteroatoms. The van der Waals surface area contributed by atoms with Crippen LogP contribution >= 0.6 is 22.7 Å². The van der Waals surface area contributed by atoms with Gasteiger partial charge in [-0.2, -0.15) is 0 Å². The fourth-order valence-electron chi connectivity index (χ4n) is 7.89. The van der Waals surface area contributed by atoms with E-state index in [1.54, 1.807) is 0 Å². The van der Waals surface area contributed by atoms with Crippen LogP contribution in [0.4, 0.5) is 0 Å². The minimum absolute atomic E-state index is 0.708. The summed E-state index contributed by atoms with van der Waals surface area (Å²) in [4.78, 5) is 10.6. The summed E-state index contributed by atoms with van der Waals surface area (Å²) in [6.07, 6.45) is 0. The first-order valence-corrected chi connectivity index (χ1v) is 19.8. The molecule has 0 radical (unpaired) electrons. The van der Waals surface area contributed by atoms with Crippen LogP contribution in [0.2, 0.25) is 0 Å². The van der Waals surface area contributed by atoms with Crippen molar-refractivity contribution in [3.05, 3.63) is 182 Å². The smallest absolute Gasteiger partial charge is 0.160 e. The first kappa shape index (κ1) is 31.1. The van der Waals surface area contributed by atoms with Gasteiger partial charge in [-0.25, -0.2) is 9.97 Å². The highest BCUT2D eigenvalue weighted by atomic mass is 32.1. The molecule has 2 nitrogen and oxygen atoms in total. The van der Waals surface area contributed by atoms with Crippen LogP contribution in [-0.2, 0) is 0 Å². The van der Waals surface area contributed by atoms with E-state index >= 15 is 0 Å². The maximum Gasteiger partial charge on any atom is 0.160 e. The zero-order valence-electron chi connectivity index (χ0n) is 29.0. The molecule has 0 unspecified atom stereocenters. The molecule has 8 aromatic carbocycles. The monoisotopic (exact) mass is 722 g/mol. The first-order valence-electron chi connectivity index (χ1n) is 18.1. The summed E-state index contributed by atoms with van der Waals surface area (Å²) in [5.74, 6) is 0.708. The van der Waals surface area contributed by atoms with E-state index in [1.165, 1.54) is 67.8 Å². The number of thiophene rings is 2. The van der Waals surface area contributed by atoms with Gasteiger partial charge in [-0.15, -0.1) is 22.7 Å². The Hall–Kier alpha value is -6.46. The van der Waals surface area contributed by atoms with Crippen LogP contribution in [0.15, 0.2) is 182 Å². The van der Waals surface area contributed by atoms with Crippen LogP contribution in [0.3, 0.4) is 0 Å². The number of nitrogens with zero attached hydrogens (tertiary/aromatic N) is 2. The van der Waals surface area contributed by atoms with Gasteiger partial charge in [0.15, 0.2) is 5.82 Å². The normalized spacial score (nSPS) is 11.7. The summed E-state index contributed by atoms with van der Waals surface area (Å²) in [7, 11) is 0. The number of aromatic nitrogens is 2. The molecule has 0 saturated carbocycles. The van der Waals surface area contributed by atoms with Gasteiger partial charge in [0.2, 0.25) is 0 Å². The van der Waals surface area contributed by atoms with Gasteiger partial charge in [0.1, 0.15) is 0 Å². The van der Waals surface area contributed by atoms with E-state index in [0.717, 1.165) is 33.6 Å². The molecule has 0 saturated heterocycles. The van der Waals surface area contributed by atoms with E-state index < -0.39 is 0 Å². The Bertz CT molecular complexity index is 3230. The van der Waals surface area contributed by atoms with E-state index in [4.69, 9.17) is 9.97 Å². The molecule has 3 aromatic heterocycles. The topological polar surface area (TPSA) is 25.8 Å². The minimum Gasteiger partial charge on any atom is -0.228 e. The highest BCUT2D eigenvalue weighted by Gasteiger charge is 2.20. The molecule has 0 spiro atoms. The van der Waals surface area contributed by atoms with Gasteiger partial charge >= 0.3 is 0 Å². The summed E-state index contributed by atoms with van der Waals surface area (Å²) in [6, 6.07) is 65.5. The zero-order valence-corrected chi connectivity index (χ0v) is 30.7. The molecule has 0 amide bonds. The van der Waals surface area contributed by atoms with Crippen molar-refractivity contribution in [1.29, 1.82) is 0 Å². The number of hydrogen-bond acceptors (Lipinski definition) is 4. The standard InChI is InChI=1S/C50H30N2S2/c1-2-13-32(14-3-1)50-51-44(35-25-24-31-12-4-5-15-33(31)28-35)30-45(52-50)43-29-34(36-18-10-20-41-38-16-6-8-22-46(38)53-48(36)41)26-27-37(43)40-19-11-21-42-39-17-7-9-23-47(39)54-49(40)42/h1-30H. The van der Waals surface area contributed by atoms with Crippen molar-refractivity contribution in [2.75, 3.05) is 0 Å². The Labute approximate surface area is 320 Å². The molecule has 11 rings (SSSR count). The zero-order chi connectivity index (χ0) is 35.6. The van der Waals surface area contributed by atoms with E-state index in [1.807, 2.05) is 28.7 Å². The Morgan fingerprint density at radius 1 is 0.315 bits per heavy atom. The quantitative estimate of drug-likeness (QED) is 0.177. The lowest BCUT2D eigenvalue weighted by Crippen LogP contribution is -1.97. The minimum atomic E-state index is 0.708. The average molecular weight is 723 g/mol. The van der Waals surface area contributed by atoms with E-state index in [9.17, 15) is 0 Å². The summed E-state index contributed by atoms with van der Waals surface area (Å²) in [6.45, 7) is 0. The third-order valence-corrected chi connectivity index (χ3v) is 12.9. The molecule has 11 aromatic rings. The molecule has 252 valence electrons. The molecule has 54 heavy (non-hydrogen) atoms. The van der Waals surface area contributed by atoms with Crippen LogP contribution in [0.5, 0.6) is 0 Å². The van der Waals surface area contributed by atoms with Gasteiger partial charge in [-0.1, -0.05) is 152 Å². The second-order valence-corrected chi connectivity index (χ2v) is 15.8. The highest BCUT2D eigenvalue weighted by molar-refractivity contribution is 7.26. The predicted octanol–water partition coefficient (Wildman–Crippen LogP) is 14.7. The first-order chi connectivity index (χ1) is 26.7. The molecule has 0 bridgehead atoms. The molecule has 0 atom stereocenters. The van der Waals surface area contributed by atoms with Crippen molar-refractivity contribution in [3.63, 3.8) is 0 Å². The number of hydrogen-bond donors (Lipinski definition) is 0. The van der Waals surface area contributed by atoms with Gasteiger partial charge in [-0.05, 0) is 57.8 Å². The van der Waals surface area contributed by atoms with E-state index in [0.29, 0.717) is 5.82 Å². The van der Waals surface area contributed by atoms with Gasteiger partial charge in [-0.3, -0.25) is 0 Å². The van der Waals surface area contributed by atoms with Crippen molar-refractivity contribution in [1.82, 2.24) is 9.97 Å². The molecular weight excluding hydrogens is 693 g/mol. The van der Waals surface area contributed by atoms with Crippen LogP contribution < -0.4 is 0 Å². The van der Waals surface area contributed by atoms with Crippen molar-refractivity contribution in [3.8, 4) is 56.2 Å². The molecule has 3 heterocycles. The van der Waals surface area contributed by atoms with Crippen LogP contribution in [-0.4, -0.2) is 9.97 Å². The molecule has 0 aliphatic heterocycles. The second-order valence-electron chi connectivity index (χ2n) is 13.7. The predicted molar refractivity (Wildman–Crippen MR) is 232 cm³/mol. The summed E-state index contributed by atoms with van der Waals surface area (Å²) < 4.78 is 5.18. The van der Waals surface area contributed by atoms with Crippen LogP contribution in [0.25, 0.3) is 107 Å². The summed E-state index contributed by atoms with van der Waals surface area (Å²) in [5, 5.41) is 7.56. The van der Waals surface area contributed by atoms with Crippen molar-refractivity contribution in [2.45, 2.75) is 0 Å². The van der Waals surface area contributed by atoms with Crippen molar-refractivity contribution < 1.29 is 0 Å². The third-order valence-electron chi connectivity index (χ3n) is 10.5. The third kappa shape index (κ3) is 5.14. The van der Waals surface area contributed by atoms with E-state index in [2.05, 4.69) is 176 Å². The Kier molecular flexibility index (Phi) is 7.25. The molecule has 0 fully saturated rings. The molecule has 0 aliphatic rings. The lowest BCUT2D eigenvalue weighted by molar-refractivity contribution is 1.18. The van der Waals surface area contributed by atoms with Crippen molar-refractivity contribution >= 4 is 73.8 Å². The maximum absolute atomic E-state index is 5.40. The molecule has 0 N–H and O–H groups in total. The van der Waals surface area contributed by atoms with Gasteiger partial charge in [0.05, 0.1) is 11.4 Å².